The van der Waals surface area contributed by atoms with Crippen LogP contribution in [-0.2, 0) is 0 Å². The molecule has 58 heavy (non-hydrogen) atoms. The number of hydrogen-bond donors (Lipinski definition) is 0. The second-order valence-corrected chi connectivity index (χ2v) is 15.2. The molecule has 2 heteroatoms. The molecular weight excluding hydrogens is 703 g/mol. The highest BCUT2D eigenvalue weighted by Crippen LogP contribution is 2.47. The lowest BCUT2D eigenvalue weighted by Gasteiger charge is -2.26. The van der Waals surface area contributed by atoms with E-state index in [0.29, 0.717) is 0 Å². The third-order valence-electron chi connectivity index (χ3n) is 12.0. The third kappa shape index (κ3) is 5.05. The van der Waals surface area contributed by atoms with E-state index in [0.717, 1.165) is 44.4 Å². The van der Waals surface area contributed by atoms with Crippen LogP contribution in [0.4, 0.5) is 17.1 Å². The van der Waals surface area contributed by atoms with Gasteiger partial charge in [-0.3, -0.25) is 0 Å². The lowest BCUT2D eigenvalue weighted by Crippen LogP contribution is -2.10. The molecule has 0 fully saturated rings. The van der Waals surface area contributed by atoms with Crippen LogP contribution in [0.1, 0.15) is 0 Å². The Morgan fingerprint density at radius 3 is 1.69 bits per heavy atom. The van der Waals surface area contributed by atoms with Gasteiger partial charge in [-0.25, -0.2) is 0 Å². The smallest absolute Gasteiger partial charge is 0.143 e. The second-order valence-electron chi connectivity index (χ2n) is 15.2. The van der Waals surface area contributed by atoms with Crippen molar-refractivity contribution in [2.45, 2.75) is 0 Å². The number of benzene rings is 11. The van der Waals surface area contributed by atoms with Crippen molar-refractivity contribution in [3.63, 3.8) is 0 Å². The van der Waals surface area contributed by atoms with E-state index < -0.39 is 0 Å². The molecule has 12 aromatic rings. The number of anilines is 3. The van der Waals surface area contributed by atoms with E-state index >= 15 is 0 Å². The molecule has 0 aliphatic carbocycles. The number of rotatable bonds is 6. The first kappa shape index (κ1) is 32.6. The number of nitrogens with zero attached hydrogens (tertiary/aromatic N) is 1. The SMILES string of the molecule is c1ccc(-c2ccc(N(c3ccccc3)c3cccc4oc5c6ccccc6c(-c6cccc(-c7ccc8ccc9cccc%10ccc7c8c9%10)c6)cc5c34)cc2)cc1. The first-order chi connectivity index (χ1) is 28.8. The van der Waals surface area contributed by atoms with Crippen LogP contribution in [0.3, 0.4) is 0 Å². The summed E-state index contributed by atoms with van der Waals surface area (Å²) in [7, 11) is 0. The van der Waals surface area contributed by atoms with Crippen LogP contribution in [-0.4, -0.2) is 0 Å². The van der Waals surface area contributed by atoms with Crippen molar-refractivity contribution in [2.24, 2.45) is 0 Å². The summed E-state index contributed by atoms with van der Waals surface area (Å²) in [6.07, 6.45) is 0. The zero-order valence-corrected chi connectivity index (χ0v) is 31.6. The van der Waals surface area contributed by atoms with E-state index in [2.05, 4.69) is 217 Å². The fourth-order valence-corrected chi connectivity index (χ4v) is 9.33. The highest BCUT2D eigenvalue weighted by atomic mass is 16.3. The summed E-state index contributed by atoms with van der Waals surface area (Å²) in [4.78, 5) is 2.36. The minimum Gasteiger partial charge on any atom is -0.455 e. The molecule has 0 saturated heterocycles. The zero-order valence-electron chi connectivity index (χ0n) is 31.6. The second kappa shape index (κ2) is 12.9. The molecule has 0 aliphatic heterocycles. The van der Waals surface area contributed by atoms with Crippen molar-refractivity contribution in [3.8, 4) is 33.4 Å². The van der Waals surface area contributed by atoms with Crippen molar-refractivity contribution in [2.75, 3.05) is 4.90 Å². The van der Waals surface area contributed by atoms with Crippen LogP contribution >= 0.6 is 0 Å². The maximum atomic E-state index is 6.87. The van der Waals surface area contributed by atoms with Gasteiger partial charge in [-0.15, -0.1) is 0 Å². The maximum Gasteiger partial charge on any atom is 0.143 e. The van der Waals surface area contributed by atoms with Gasteiger partial charge in [0.15, 0.2) is 0 Å². The van der Waals surface area contributed by atoms with E-state index in [4.69, 9.17) is 4.42 Å². The van der Waals surface area contributed by atoms with Gasteiger partial charge in [-0.1, -0.05) is 164 Å². The molecule has 1 heterocycles. The number of para-hydroxylation sites is 1. The normalized spacial score (nSPS) is 11.8. The van der Waals surface area contributed by atoms with Crippen LogP contribution in [0.15, 0.2) is 217 Å². The lowest BCUT2D eigenvalue weighted by atomic mass is 9.88. The Morgan fingerprint density at radius 1 is 0.310 bits per heavy atom. The quantitative estimate of drug-likeness (QED) is 0.158. The molecule has 2 nitrogen and oxygen atoms in total. The largest absolute Gasteiger partial charge is 0.455 e. The maximum absolute atomic E-state index is 6.87. The molecule has 0 unspecified atom stereocenters. The zero-order chi connectivity index (χ0) is 38.2. The standard InChI is InChI=1S/C56H35NO/c1-3-12-36(13-4-1)37-26-30-44(31-27-37)57(43-18-5-2-6-19-43)51-22-11-23-52-55(51)50-35-49(46-20-7-8-21-48(46)56(50)58-52)42-17-10-16-41(34-42)45-32-28-40-25-24-38-14-9-15-39-29-33-47(45)54(40)53(38)39/h1-35H. The summed E-state index contributed by atoms with van der Waals surface area (Å²) in [6.45, 7) is 0. The molecule has 0 radical (unpaired) electrons. The van der Waals surface area contributed by atoms with Crippen LogP contribution in [0.25, 0.3) is 98.4 Å². The lowest BCUT2D eigenvalue weighted by molar-refractivity contribution is 0.672. The van der Waals surface area contributed by atoms with E-state index in [1.165, 1.54) is 71.1 Å². The van der Waals surface area contributed by atoms with Crippen molar-refractivity contribution in [1.82, 2.24) is 0 Å². The summed E-state index contributed by atoms with van der Waals surface area (Å²) in [5.74, 6) is 0. The highest BCUT2D eigenvalue weighted by molar-refractivity contribution is 6.26. The molecule has 11 aromatic carbocycles. The van der Waals surface area contributed by atoms with Gasteiger partial charge in [0.05, 0.1) is 11.1 Å². The molecule has 1 aromatic heterocycles. The molecular formula is C56H35NO. The molecule has 0 aliphatic rings. The van der Waals surface area contributed by atoms with Crippen LogP contribution in [0.2, 0.25) is 0 Å². The third-order valence-corrected chi connectivity index (χ3v) is 12.0. The van der Waals surface area contributed by atoms with Crippen LogP contribution in [0, 0.1) is 0 Å². The van der Waals surface area contributed by atoms with E-state index in [9.17, 15) is 0 Å². The Morgan fingerprint density at radius 2 is 0.897 bits per heavy atom. The first-order valence-electron chi connectivity index (χ1n) is 19.9. The Kier molecular flexibility index (Phi) is 7.26. The van der Waals surface area contributed by atoms with E-state index in [1.54, 1.807) is 0 Å². The van der Waals surface area contributed by atoms with Gasteiger partial charge in [-0.05, 0) is 120 Å². The van der Waals surface area contributed by atoms with Crippen molar-refractivity contribution >= 4 is 82.1 Å². The van der Waals surface area contributed by atoms with Gasteiger partial charge in [0.1, 0.15) is 11.2 Å². The van der Waals surface area contributed by atoms with Gasteiger partial charge in [0.25, 0.3) is 0 Å². The first-order valence-corrected chi connectivity index (χ1v) is 19.9. The molecule has 0 atom stereocenters. The summed E-state index contributed by atoms with van der Waals surface area (Å²) in [6, 6.07) is 76.9. The van der Waals surface area contributed by atoms with Crippen molar-refractivity contribution < 1.29 is 4.42 Å². The monoisotopic (exact) mass is 737 g/mol. The molecule has 0 N–H and O–H groups in total. The van der Waals surface area contributed by atoms with Gasteiger partial charge in [0, 0.05) is 22.1 Å². The summed E-state index contributed by atoms with van der Waals surface area (Å²) in [5.41, 5.74) is 12.2. The molecule has 0 amide bonds. The van der Waals surface area contributed by atoms with Crippen LogP contribution in [0.5, 0.6) is 0 Å². The predicted octanol–water partition coefficient (Wildman–Crippen LogP) is 16.1. The minimum atomic E-state index is 0.860. The van der Waals surface area contributed by atoms with Crippen molar-refractivity contribution in [1.29, 1.82) is 0 Å². The molecule has 12 rings (SSSR count). The van der Waals surface area contributed by atoms with E-state index in [-0.39, 0.29) is 0 Å². The Balaban J connectivity index is 1.06. The van der Waals surface area contributed by atoms with Crippen LogP contribution < -0.4 is 4.90 Å². The predicted molar refractivity (Wildman–Crippen MR) is 246 cm³/mol. The molecule has 270 valence electrons. The topological polar surface area (TPSA) is 16.4 Å². The van der Waals surface area contributed by atoms with Gasteiger partial charge in [-0.2, -0.15) is 0 Å². The van der Waals surface area contributed by atoms with Gasteiger partial charge < -0.3 is 9.32 Å². The van der Waals surface area contributed by atoms with Crippen molar-refractivity contribution in [3.05, 3.63) is 212 Å². The fraction of sp³-hybridized carbons (Fsp3) is 0. The molecule has 0 saturated carbocycles. The molecule has 0 bridgehead atoms. The minimum absolute atomic E-state index is 0.860. The number of hydrogen-bond acceptors (Lipinski definition) is 2. The Bertz CT molecular complexity index is 3480. The number of furan rings is 1. The van der Waals surface area contributed by atoms with Gasteiger partial charge >= 0.3 is 0 Å². The average Bonchev–Trinajstić information content (AvgIpc) is 3.69. The van der Waals surface area contributed by atoms with Gasteiger partial charge in [0.2, 0.25) is 0 Å². The average molecular weight is 738 g/mol. The van der Waals surface area contributed by atoms with E-state index in [1.807, 2.05) is 0 Å². The highest BCUT2D eigenvalue weighted by Gasteiger charge is 2.22. The molecule has 0 spiro atoms. The number of fused-ring (bicyclic) bond motifs is 5. The Hall–Kier alpha value is -7.68. The summed E-state index contributed by atoms with van der Waals surface area (Å²) < 4.78 is 6.87. The summed E-state index contributed by atoms with van der Waals surface area (Å²) >= 11 is 0. The fourth-order valence-electron chi connectivity index (χ4n) is 9.33. The summed E-state index contributed by atoms with van der Waals surface area (Å²) in [5, 5.41) is 12.2. The Labute approximate surface area is 335 Å².